The molecule has 0 aliphatic heterocycles. The third-order valence-electron chi connectivity index (χ3n) is 4.49. The second-order valence-electron chi connectivity index (χ2n) is 6.24. The lowest BCUT2D eigenvalue weighted by Gasteiger charge is -2.09. The van der Waals surface area contributed by atoms with Crippen LogP contribution < -0.4 is 10.1 Å². The van der Waals surface area contributed by atoms with Crippen LogP contribution >= 0.6 is 0 Å². The number of anilines is 1. The van der Waals surface area contributed by atoms with Crippen molar-refractivity contribution in [1.29, 1.82) is 0 Å². The summed E-state index contributed by atoms with van der Waals surface area (Å²) in [7, 11) is 1.55. The molecule has 1 heterocycles. The molecule has 2 aromatic rings. The highest BCUT2D eigenvalue weighted by atomic mass is 16.5. The molecule has 22 heavy (non-hydrogen) atoms. The first-order valence-electron chi connectivity index (χ1n) is 7.40. The van der Waals surface area contributed by atoms with Crippen molar-refractivity contribution >= 4 is 11.6 Å². The molecule has 4 heteroatoms. The summed E-state index contributed by atoms with van der Waals surface area (Å²) in [5.41, 5.74) is 1.79. The molecule has 4 nitrogen and oxygen atoms in total. The minimum Gasteiger partial charge on any atom is -0.480 e. The first-order chi connectivity index (χ1) is 10.6. The molecule has 1 amide bonds. The largest absolute Gasteiger partial charge is 0.480 e. The quantitative estimate of drug-likeness (QED) is 0.940. The normalized spacial score (nSPS) is 22.0. The summed E-state index contributed by atoms with van der Waals surface area (Å²) in [5.74, 6) is 0.659. The average molecular weight is 296 g/mol. The van der Waals surface area contributed by atoms with Crippen molar-refractivity contribution in [2.45, 2.75) is 19.8 Å². The van der Waals surface area contributed by atoms with Crippen LogP contribution in [0.25, 0.3) is 0 Å². The Bertz CT molecular complexity index is 682. The number of nitrogens with one attached hydrogen (secondary N) is 1. The fourth-order valence-corrected chi connectivity index (χ4v) is 3.27. The van der Waals surface area contributed by atoms with E-state index in [4.69, 9.17) is 4.74 Å². The molecule has 1 saturated carbocycles. The smallest absolute Gasteiger partial charge is 0.237 e. The van der Waals surface area contributed by atoms with E-state index in [0.717, 1.165) is 0 Å². The molecule has 2 atom stereocenters. The van der Waals surface area contributed by atoms with Gasteiger partial charge >= 0.3 is 0 Å². The third-order valence-corrected chi connectivity index (χ3v) is 4.49. The first-order valence-corrected chi connectivity index (χ1v) is 7.40. The minimum absolute atomic E-state index is 0.0187. The van der Waals surface area contributed by atoms with E-state index in [1.165, 1.54) is 5.56 Å². The number of methoxy groups -OCH3 is 1. The number of carbonyl (C=O) groups is 1. The van der Waals surface area contributed by atoms with Crippen LogP contribution in [0.2, 0.25) is 0 Å². The molecule has 0 saturated heterocycles. The van der Waals surface area contributed by atoms with Crippen LogP contribution in [0.3, 0.4) is 0 Å². The SMILES string of the molecule is COc1ncccc1NC(=O)[C@H]1[C@H](c2ccccc2)C1(C)C. The van der Waals surface area contributed by atoms with Crippen molar-refractivity contribution in [3.63, 3.8) is 0 Å². The number of amides is 1. The van der Waals surface area contributed by atoms with Gasteiger partial charge in [-0.2, -0.15) is 0 Å². The van der Waals surface area contributed by atoms with Gasteiger partial charge in [-0.15, -0.1) is 0 Å². The second kappa shape index (κ2) is 5.44. The lowest BCUT2D eigenvalue weighted by molar-refractivity contribution is -0.118. The topological polar surface area (TPSA) is 51.2 Å². The van der Waals surface area contributed by atoms with Crippen molar-refractivity contribution in [2.24, 2.45) is 11.3 Å². The molecule has 1 fully saturated rings. The Morgan fingerprint density at radius 1 is 1.18 bits per heavy atom. The average Bonchev–Trinajstić information content (AvgIpc) is 3.11. The van der Waals surface area contributed by atoms with E-state index in [1.54, 1.807) is 25.4 Å². The molecular formula is C18H20N2O2. The molecule has 1 aliphatic carbocycles. The summed E-state index contributed by atoms with van der Waals surface area (Å²) in [6.07, 6.45) is 1.64. The Labute approximate surface area is 130 Å². The summed E-state index contributed by atoms with van der Waals surface area (Å²) in [6, 6.07) is 13.8. The Morgan fingerprint density at radius 3 is 2.59 bits per heavy atom. The van der Waals surface area contributed by atoms with Crippen molar-refractivity contribution < 1.29 is 9.53 Å². The number of pyridine rings is 1. The maximum atomic E-state index is 12.6. The fourth-order valence-electron chi connectivity index (χ4n) is 3.27. The Hall–Kier alpha value is -2.36. The van der Waals surface area contributed by atoms with E-state index in [0.29, 0.717) is 11.6 Å². The highest BCUT2D eigenvalue weighted by Gasteiger charge is 2.62. The Balaban J connectivity index is 1.79. The molecule has 1 aromatic heterocycles. The lowest BCUT2D eigenvalue weighted by Crippen LogP contribution is -2.17. The van der Waals surface area contributed by atoms with Gasteiger partial charge in [-0.25, -0.2) is 4.98 Å². The highest BCUT2D eigenvalue weighted by molar-refractivity contribution is 5.97. The highest BCUT2D eigenvalue weighted by Crippen LogP contribution is 2.64. The third kappa shape index (κ3) is 2.45. The maximum Gasteiger partial charge on any atom is 0.237 e. The molecular weight excluding hydrogens is 276 g/mol. The van der Waals surface area contributed by atoms with Gasteiger partial charge in [0.2, 0.25) is 11.8 Å². The second-order valence-corrected chi connectivity index (χ2v) is 6.24. The molecule has 3 rings (SSSR count). The molecule has 0 unspecified atom stereocenters. The Morgan fingerprint density at radius 2 is 1.91 bits per heavy atom. The zero-order chi connectivity index (χ0) is 15.7. The number of benzene rings is 1. The fraction of sp³-hybridized carbons (Fsp3) is 0.333. The summed E-state index contributed by atoms with van der Waals surface area (Å²) in [6.45, 7) is 4.27. The van der Waals surface area contributed by atoms with Crippen LogP contribution in [0.5, 0.6) is 5.88 Å². The van der Waals surface area contributed by atoms with Crippen LogP contribution in [0.15, 0.2) is 48.7 Å². The van der Waals surface area contributed by atoms with Crippen LogP contribution in [-0.4, -0.2) is 18.0 Å². The molecule has 0 spiro atoms. The lowest BCUT2D eigenvalue weighted by atomic mass is 10.0. The van der Waals surface area contributed by atoms with Crippen LogP contribution in [0.4, 0.5) is 5.69 Å². The van der Waals surface area contributed by atoms with Crippen molar-refractivity contribution in [3.05, 3.63) is 54.2 Å². The van der Waals surface area contributed by atoms with Gasteiger partial charge in [0.1, 0.15) is 5.69 Å². The van der Waals surface area contributed by atoms with Gasteiger partial charge in [0.15, 0.2) is 0 Å². The minimum atomic E-state index is -0.0418. The molecule has 1 aliphatic rings. The summed E-state index contributed by atoms with van der Waals surface area (Å²) in [5, 5.41) is 2.95. The zero-order valence-electron chi connectivity index (χ0n) is 13.0. The van der Waals surface area contributed by atoms with Crippen molar-refractivity contribution in [2.75, 3.05) is 12.4 Å². The summed E-state index contributed by atoms with van der Waals surface area (Å²) in [4.78, 5) is 16.8. The van der Waals surface area contributed by atoms with Gasteiger partial charge in [0.05, 0.1) is 13.0 Å². The van der Waals surface area contributed by atoms with E-state index in [1.807, 2.05) is 18.2 Å². The van der Waals surface area contributed by atoms with E-state index < -0.39 is 0 Å². The molecule has 1 N–H and O–H groups in total. The Kier molecular flexibility index (Phi) is 3.61. The van der Waals surface area contributed by atoms with E-state index >= 15 is 0 Å². The maximum absolute atomic E-state index is 12.6. The van der Waals surface area contributed by atoms with E-state index in [-0.39, 0.29) is 23.2 Å². The molecule has 114 valence electrons. The number of aromatic nitrogens is 1. The van der Waals surface area contributed by atoms with Gasteiger partial charge in [-0.05, 0) is 23.1 Å². The number of carbonyl (C=O) groups excluding carboxylic acids is 1. The summed E-state index contributed by atoms with van der Waals surface area (Å²) < 4.78 is 5.18. The molecule has 1 aromatic carbocycles. The van der Waals surface area contributed by atoms with Gasteiger partial charge in [-0.3, -0.25) is 4.79 Å². The zero-order valence-corrected chi connectivity index (χ0v) is 13.0. The van der Waals surface area contributed by atoms with Gasteiger partial charge in [0.25, 0.3) is 0 Å². The van der Waals surface area contributed by atoms with Gasteiger partial charge < -0.3 is 10.1 Å². The number of ether oxygens (including phenoxy) is 1. The van der Waals surface area contributed by atoms with Crippen LogP contribution in [0, 0.1) is 11.3 Å². The monoisotopic (exact) mass is 296 g/mol. The number of rotatable bonds is 4. The number of hydrogen-bond acceptors (Lipinski definition) is 3. The van der Waals surface area contributed by atoms with Crippen LogP contribution in [-0.2, 0) is 4.79 Å². The van der Waals surface area contributed by atoms with Crippen molar-refractivity contribution in [1.82, 2.24) is 4.98 Å². The first kappa shape index (κ1) is 14.6. The van der Waals surface area contributed by atoms with E-state index in [2.05, 4.69) is 36.3 Å². The van der Waals surface area contributed by atoms with Crippen LogP contribution in [0.1, 0.15) is 25.3 Å². The molecule has 0 bridgehead atoms. The summed E-state index contributed by atoms with van der Waals surface area (Å²) >= 11 is 0. The number of hydrogen-bond donors (Lipinski definition) is 1. The standard InChI is InChI=1S/C18H20N2O2/c1-18(2)14(12-8-5-4-6-9-12)15(18)16(21)20-13-10-7-11-19-17(13)22-3/h4-11,14-15H,1-3H3,(H,20,21)/t14-,15+/m0/s1. The predicted octanol–water partition coefficient (Wildman–Crippen LogP) is 3.47. The van der Waals surface area contributed by atoms with Crippen molar-refractivity contribution in [3.8, 4) is 5.88 Å². The van der Waals surface area contributed by atoms with Gasteiger partial charge in [0, 0.05) is 12.1 Å². The van der Waals surface area contributed by atoms with Gasteiger partial charge in [-0.1, -0.05) is 44.2 Å². The predicted molar refractivity (Wildman–Crippen MR) is 85.9 cm³/mol. The number of nitrogens with zero attached hydrogens (tertiary/aromatic N) is 1. The molecule has 0 radical (unpaired) electrons. The van der Waals surface area contributed by atoms with E-state index in [9.17, 15) is 4.79 Å².